The third-order valence-electron chi connectivity index (χ3n) is 5.93. The summed E-state index contributed by atoms with van der Waals surface area (Å²) in [5.74, 6) is 1.87. The van der Waals surface area contributed by atoms with Gasteiger partial charge in [-0.05, 0) is 38.5 Å². The molecule has 0 amide bonds. The summed E-state index contributed by atoms with van der Waals surface area (Å²) >= 11 is 0. The van der Waals surface area contributed by atoms with Gasteiger partial charge in [0.05, 0.1) is 24.8 Å². The Morgan fingerprint density at radius 2 is 2.13 bits per heavy atom. The molecule has 0 radical (unpaired) electrons. The minimum atomic E-state index is -0.213. The number of nitrogens with one attached hydrogen (secondary N) is 1. The zero-order chi connectivity index (χ0) is 21.3. The van der Waals surface area contributed by atoms with Crippen molar-refractivity contribution in [3.8, 4) is 17.1 Å². The van der Waals surface area contributed by atoms with Crippen LogP contribution in [0.15, 0.2) is 24.3 Å². The van der Waals surface area contributed by atoms with Crippen LogP contribution in [0, 0.1) is 0 Å². The topological polar surface area (TPSA) is 77.4 Å². The Labute approximate surface area is 178 Å². The maximum absolute atomic E-state index is 6.28. The quantitative estimate of drug-likeness (QED) is 0.575. The highest BCUT2D eigenvalue weighted by Gasteiger charge is 2.39. The first-order valence-corrected chi connectivity index (χ1v) is 10.6. The number of fused-ring (bicyclic) bond motifs is 1. The molecule has 0 aliphatic carbocycles. The van der Waals surface area contributed by atoms with E-state index in [4.69, 9.17) is 19.3 Å². The van der Waals surface area contributed by atoms with E-state index in [2.05, 4.69) is 41.9 Å². The minimum Gasteiger partial charge on any atom is -0.482 e. The highest BCUT2D eigenvalue weighted by atomic mass is 16.6. The van der Waals surface area contributed by atoms with Gasteiger partial charge < -0.3 is 19.1 Å². The summed E-state index contributed by atoms with van der Waals surface area (Å²) in [5.41, 5.74) is 2.40. The van der Waals surface area contributed by atoms with E-state index in [0.717, 1.165) is 53.4 Å². The number of rotatable bonds is 9. The summed E-state index contributed by atoms with van der Waals surface area (Å²) in [5, 5.41) is 13.4. The van der Waals surface area contributed by atoms with Gasteiger partial charge in [0.25, 0.3) is 0 Å². The SMILES string of the molecule is CCN(C[C@@H](C)OC)c1cc(-c2n[nH]c3ccc(OC4(CC)COC4)cc23)nn1C.[HH]. The van der Waals surface area contributed by atoms with E-state index in [9.17, 15) is 0 Å². The number of methoxy groups -OCH3 is 1. The lowest BCUT2D eigenvalue weighted by molar-refractivity contribution is -0.162. The number of benzene rings is 1. The third-order valence-corrected chi connectivity index (χ3v) is 5.93. The summed E-state index contributed by atoms with van der Waals surface area (Å²) in [4.78, 5) is 2.26. The molecular weight excluding hydrogens is 382 g/mol. The second-order valence-corrected chi connectivity index (χ2v) is 8.01. The Bertz CT molecular complexity index is 1010. The van der Waals surface area contributed by atoms with Gasteiger partial charge in [-0.1, -0.05) is 6.92 Å². The van der Waals surface area contributed by atoms with Crippen molar-refractivity contribution in [2.75, 3.05) is 38.3 Å². The number of aromatic amines is 1. The van der Waals surface area contributed by atoms with E-state index in [0.29, 0.717) is 13.2 Å². The smallest absolute Gasteiger partial charge is 0.155 e. The molecule has 30 heavy (non-hydrogen) atoms. The zero-order valence-corrected chi connectivity index (χ0v) is 18.4. The molecule has 1 aliphatic rings. The number of ether oxygens (including phenoxy) is 3. The average Bonchev–Trinajstić information content (AvgIpc) is 3.31. The largest absolute Gasteiger partial charge is 0.482 e. The molecule has 0 spiro atoms. The second kappa shape index (κ2) is 8.28. The second-order valence-electron chi connectivity index (χ2n) is 8.01. The molecule has 1 atom stereocenters. The summed E-state index contributed by atoms with van der Waals surface area (Å²) in [6.45, 7) is 9.27. The van der Waals surface area contributed by atoms with Gasteiger partial charge in [0, 0.05) is 40.1 Å². The fourth-order valence-electron chi connectivity index (χ4n) is 3.81. The van der Waals surface area contributed by atoms with Gasteiger partial charge in [0.1, 0.15) is 23.0 Å². The van der Waals surface area contributed by atoms with Crippen molar-refractivity contribution in [1.29, 1.82) is 0 Å². The molecule has 0 saturated carbocycles. The highest BCUT2D eigenvalue weighted by molar-refractivity contribution is 5.93. The Morgan fingerprint density at radius 3 is 2.77 bits per heavy atom. The highest BCUT2D eigenvalue weighted by Crippen LogP contribution is 2.34. The van der Waals surface area contributed by atoms with Crippen LogP contribution in [0.3, 0.4) is 0 Å². The van der Waals surface area contributed by atoms with Crippen molar-refractivity contribution < 1.29 is 15.6 Å². The van der Waals surface area contributed by atoms with Crippen LogP contribution in [0.4, 0.5) is 5.82 Å². The van der Waals surface area contributed by atoms with E-state index in [-0.39, 0.29) is 13.1 Å². The number of H-pyrrole nitrogens is 1. The van der Waals surface area contributed by atoms with Crippen LogP contribution >= 0.6 is 0 Å². The number of anilines is 1. The van der Waals surface area contributed by atoms with Crippen molar-refractivity contribution in [3.63, 3.8) is 0 Å². The summed E-state index contributed by atoms with van der Waals surface area (Å²) in [7, 11) is 3.70. The molecule has 0 unspecified atom stereocenters. The Morgan fingerprint density at radius 1 is 1.33 bits per heavy atom. The molecule has 2 aromatic heterocycles. The van der Waals surface area contributed by atoms with Gasteiger partial charge in [-0.2, -0.15) is 10.2 Å². The number of aromatic nitrogens is 4. The van der Waals surface area contributed by atoms with E-state index in [1.807, 2.05) is 29.9 Å². The van der Waals surface area contributed by atoms with Gasteiger partial charge in [0.15, 0.2) is 5.60 Å². The lowest BCUT2D eigenvalue weighted by Gasteiger charge is -2.40. The molecule has 4 rings (SSSR count). The van der Waals surface area contributed by atoms with E-state index in [1.165, 1.54) is 0 Å². The molecule has 8 nitrogen and oxygen atoms in total. The fourth-order valence-corrected chi connectivity index (χ4v) is 3.81. The van der Waals surface area contributed by atoms with Crippen molar-refractivity contribution in [1.82, 2.24) is 20.0 Å². The normalized spacial score (nSPS) is 16.4. The average molecular weight is 416 g/mol. The first-order valence-electron chi connectivity index (χ1n) is 10.6. The molecule has 164 valence electrons. The predicted octanol–water partition coefficient (Wildman–Crippen LogP) is 3.63. The standard InChI is InChI=1S/C22H31N5O3.H2/c1-6-22(13-29-14-22)30-16-8-9-18-17(10-16)21(24-23-18)19-11-20(26(4)25-19)27(7-2)12-15(3)28-5;/h8-11,15H,6-7,12-14H2,1-5H3,(H,23,24);1H/t15-;/m1./s1. The van der Waals surface area contributed by atoms with Gasteiger partial charge in [-0.15, -0.1) is 0 Å². The van der Waals surface area contributed by atoms with Crippen LogP contribution in [0.2, 0.25) is 0 Å². The van der Waals surface area contributed by atoms with E-state index in [1.54, 1.807) is 7.11 Å². The van der Waals surface area contributed by atoms with Crippen LogP contribution in [0.1, 0.15) is 28.6 Å². The first-order chi connectivity index (χ1) is 14.5. The third kappa shape index (κ3) is 3.77. The molecule has 1 aromatic carbocycles. The Hall–Kier alpha value is -2.58. The maximum Gasteiger partial charge on any atom is 0.155 e. The molecule has 8 heteroatoms. The van der Waals surface area contributed by atoms with Crippen molar-refractivity contribution >= 4 is 16.7 Å². The van der Waals surface area contributed by atoms with Crippen LogP contribution in [-0.4, -0.2) is 65.1 Å². The van der Waals surface area contributed by atoms with Crippen molar-refractivity contribution in [2.24, 2.45) is 7.05 Å². The van der Waals surface area contributed by atoms with Crippen LogP contribution in [0.25, 0.3) is 22.3 Å². The maximum atomic E-state index is 6.28. The lowest BCUT2D eigenvalue weighted by atomic mass is 9.98. The number of hydrogen-bond donors (Lipinski definition) is 1. The zero-order valence-electron chi connectivity index (χ0n) is 18.4. The summed E-state index contributed by atoms with van der Waals surface area (Å²) in [6, 6.07) is 8.12. The number of nitrogens with zero attached hydrogens (tertiary/aromatic N) is 4. The van der Waals surface area contributed by atoms with E-state index < -0.39 is 0 Å². The summed E-state index contributed by atoms with van der Waals surface area (Å²) in [6.07, 6.45) is 1.05. The first kappa shape index (κ1) is 20.7. The Balaban J connectivity index is 0.00000272. The molecule has 0 bridgehead atoms. The molecular formula is C22H33N5O3. The van der Waals surface area contributed by atoms with Gasteiger partial charge in [-0.25, -0.2) is 0 Å². The monoisotopic (exact) mass is 415 g/mol. The minimum absolute atomic E-state index is 0. The van der Waals surface area contributed by atoms with Gasteiger partial charge in [-0.3, -0.25) is 9.78 Å². The fraction of sp³-hybridized carbons (Fsp3) is 0.545. The number of likely N-dealkylation sites (N-methyl/N-ethyl adjacent to an activating group) is 1. The van der Waals surface area contributed by atoms with Gasteiger partial charge in [0.2, 0.25) is 0 Å². The molecule has 3 aromatic rings. The van der Waals surface area contributed by atoms with Crippen molar-refractivity contribution in [3.05, 3.63) is 24.3 Å². The molecule has 1 aliphatic heterocycles. The van der Waals surface area contributed by atoms with Crippen LogP contribution < -0.4 is 9.64 Å². The lowest BCUT2D eigenvalue weighted by Crippen LogP contribution is -2.53. The van der Waals surface area contributed by atoms with E-state index >= 15 is 0 Å². The molecule has 1 saturated heterocycles. The van der Waals surface area contributed by atoms with Gasteiger partial charge >= 0.3 is 0 Å². The van der Waals surface area contributed by atoms with Crippen molar-refractivity contribution in [2.45, 2.75) is 38.9 Å². The summed E-state index contributed by atoms with van der Waals surface area (Å²) < 4.78 is 19.0. The van der Waals surface area contributed by atoms with Crippen LogP contribution in [-0.2, 0) is 16.5 Å². The Kier molecular flexibility index (Phi) is 5.71. The number of aryl methyl sites for hydroxylation is 1. The molecule has 1 N–H and O–H groups in total. The molecule has 1 fully saturated rings. The number of hydrogen-bond acceptors (Lipinski definition) is 6. The predicted molar refractivity (Wildman–Crippen MR) is 119 cm³/mol. The molecule has 3 heterocycles. The van der Waals surface area contributed by atoms with Crippen LogP contribution in [0.5, 0.6) is 5.75 Å².